The number of nitrogens with one attached hydrogen (secondary N) is 1. The van der Waals surface area contributed by atoms with Gasteiger partial charge in [-0.15, -0.1) is 11.6 Å². The van der Waals surface area contributed by atoms with Gasteiger partial charge in [0.2, 0.25) is 10.0 Å². The van der Waals surface area contributed by atoms with E-state index in [0.717, 1.165) is 10.2 Å². The van der Waals surface area contributed by atoms with Crippen molar-refractivity contribution in [3.8, 4) is 0 Å². The topological polar surface area (TPSA) is 49.4 Å². The molecule has 1 rings (SSSR count). The van der Waals surface area contributed by atoms with Gasteiger partial charge in [-0.3, -0.25) is 4.72 Å². The van der Waals surface area contributed by atoms with Crippen LogP contribution in [0.15, 0.2) is 22.7 Å². The number of sulfonamides is 1. The second-order valence-electron chi connectivity index (χ2n) is 4.70. The summed E-state index contributed by atoms with van der Waals surface area (Å²) in [6.07, 6.45) is 0. The zero-order valence-electron chi connectivity index (χ0n) is 11.2. The van der Waals surface area contributed by atoms with Gasteiger partial charge in [0.15, 0.2) is 0 Å². The highest BCUT2D eigenvalue weighted by Gasteiger charge is 2.17. The Balaban J connectivity index is 3.01. The molecule has 0 fully saturated rings. The first-order valence-corrected chi connectivity index (χ1v) is 8.76. The fourth-order valence-electron chi connectivity index (χ4n) is 1.61. The summed E-state index contributed by atoms with van der Waals surface area (Å²) in [7, 11) is 0.326. The molecule has 0 bridgehead atoms. The van der Waals surface area contributed by atoms with E-state index in [0.29, 0.717) is 11.6 Å². The molecule has 0 heterocycles. The number of anilines is 2. The summed E-state index contributed by atoms with van der Waals surface area (Å²) in [6, 6.07) is 5.47. The monoisotopic (exact) mass is 368 g/mol. The molecule has 0 aliphatic heterocycles. The largest absolute Gasteiger partial charge is 0.376 e. The second-order valence-corrected chi connectivity index (χ2v) is 7.69. The Hall–Kier alpha value is -0.460. The van der Waals surface area contributed by atoms with Crippen LogP contribution in [0.25, 0.3) is 0 Å². The van der Waals surface area contributed by atoms with Crippen LogP contribution in [-0.2, 0) is 10.0 Å². The van der Waals surface area contributed by atoms with Gasteiger partial charge >= 0.3 is 0 Å². The van der Waals surface area contributed by atoms with Crippen molar-refractivity contribution in [2.75, 3.05) is 35.4 Å². The Morgan fingerprint density at radius 3 is 2.58 bits per heavy atom. The van der Waals surface area contributed by atoms with Crippen LogP contribution in [0.5, 0.6) is 0 Å². The Morgan fingerprint density at radius 1 is 1.42 bits per heavy atom. The maximum absolute atomic E-state index is 12.1. The molecule has 0 radical (unpaired) electrons. The van der Waals surface area contributed by atoms with Crippen molar-refractivity contribution in [3.63, 3.8) is 0 Å². The van der Waals surface area contributed by atoms with E-state index in [-0.39, 0.29) is 11.7 Å². The third-order valence-electron chi connectivity index (χ3n) is 2.47. The molecule has 0 saturated heterocycles. The lowest BCUT2D eigenvalue weighted by Crippen LogP contribution is -2.23. The molecule has 19 heavy (non-hydrogen) atoms. The van der Waals surface area contributed by atoms with Gasteiger partial charge in [-0.05, 0) is 24.1 Å². The summed E-state index contributed by atoms with van der Waals surface area (Å²) < 4.78 is 27.5. The first-order valence-electron chi connectivity index (χ1n) is 5.78. The van der Waals surface area contributed by atoms with E-state index < -0.39 is 10.0 Å². The van der Waals surface area contributed by atoms with E-state index in [1.807, 2.05) is 31.1 Å². The number of halogens is 2. The van der Waals surface area contributed by atoms with Crippen LogP contribution >= 0.6 is 27.5 Å². The van der Waals surface area contributed by atoms with Crippen molar-refractivity contribution in [1.29, 1.82) is 0 Å². The molecule has 1 atom stereocenters. The lowest BCUT2D eigenvalue weighted by atomic mass is 10.2. The van der Waals surface area contributed by atoms with Crippen LogP contribution in [0.4, 0.5) is 11.4 Å². The van der Waals surface area contributed by atoms with Gasteiger partial charge in [0.05, 0.1) is 17.1 Å². The Kier molecular flexibility index (Phi) is 5.95. The lowest BCUT2D eigenvalue weighted by Gasteiger charge is -2.19. The molecule has 1 unspecified atom stereocenters. The van der Waals surface area contributed by atoms with Gasteiger partial charge in [-0.25, -0.2) is 8.42 Å². The summed E-state index contributed by atoms with van der Waals surface area (Å²) in [5, 5.41) is 0. The maximum Gasteiger partial charge on any atom is 0.233 e. The molecule has 0 spiro atoms. The summed E-state index contributed by atoms with van der Waals surface area (Å²) >= 11 is 9.00. The van der Waals surface area contributed by atoms with E-state index in [2.05, 4.69) is 20.7 Å². The lowest BCUT2D eigenvalue weighted by molar-refractivity contribution is 0.588. The first kappa shape index (κ1) is 16.6. The van der Waals surface area contributed by atoms with Gasteiger partial charge in [0.25, 0.3) is 0 Å². The number of hydrogen-bond acceptors (Lipinski definition) is 3. The first-order chi connectivity index (χ1) is 8.75. The van der Waals surface area contributed by atoms with Crippen LogP contribution in [0.2, 0.25) is 0 Å². The normalized spacial score (nSPS) is 13.1. The van der Waals surface area contributed by atoms with Crippen LogP contribution < -0.4 is 9.62 Å². The average molecular weight is 370 g/mol. The molecule has 0 amide bonds. The summed E-state index contributed by atoms with van der Waals surface area (Å²) in [6.45, 7) is 1.81. The maximum atomic E-state index is 12.1. The van der Waals surface area contributed by atoms with Crippen molar-refractivity contribution < 1.29 is 8.42 Å². The SMILES string of the molecule is CC(CCl)CS(=O)(=O)Nc1cc(Br)ccc1N(C)C. The quantitative estimate of drug-likeness (QED) is 0.784. The molecular formula is C12H18BrClN2O2S. The molecule has 0 aliphatic rings. The minimum absolute atomic E-state index is 0.00980. The van der Waals surface area contributed by atoms with E-state index >= 15 is 0 Å². The number of benzene rings is 1. The van der Waals surface area contributed by atoms with Gasteiger partial charge in [0.1, 0.15) is 0 Å². The summed E-state index contributed by atoms with van der Waals surface area (Å²) in [5.74, 6) is 0.240. The minimum Gasteiger partial charge on any atom is -0.376 e. The van der Waals surface area contributed by atoms with Crippen molar-refractivity contribution in [2.24, 2.45) is 5.92 Å². The van der Waals surface area contributed by atoms with Gasteiger partial charge in [-0.2, -0.15) is 0 Å². The Labute approximate surface area is 128 Å². The zero-order chi connectivity index (χ0) is 14.6. The second kappa shape index (κ2) is 6.81. The van der Waals surface area contributed by atoms with Gasteiger partial charge in [-0.1, -0.05) is 22.9 Å². The van der Waals surface area contributed by atoms with Gasteiger partial charge in [0, 0.05) is 24.4 Å². The van der Waals surface area contributed by atoms with E-state index in [9.17, 15) is 8.42 Å². The molecule has 0 aliphatic carbocycles. The van der Waals surface area contributed by atoms with E-state index in [1.165, 1.54) is 0 Å². The molecule has 1 aromatic carbocycles. The zero-order valence-corrected chi connectivity index (χ0v) is 14.3. The summed E-state index contributed by atoms with van der Waals surface area (Å²) in [5.41, 5.74) is 1.37. The highest BCUT2D eigenvalue weighted by molar-refractivity contribution is 9.10. The predicted octanol–water partition coefficient (Wildman–Crippen LogP) is 3.13. The molecule has 1 aromatic rings. The average Bonchev–Trinajstić information content (AvgIpc) is 2.27. The summed E-state index contributed by atoms with van der Waals surface area (Å²) in [4.78, 5) is 1.86. The molecule has 0 aromatic heterocycles. The molecule has 7 heteroatoms. The van der Waals surface area contributed by atoms with Crippen molar-refractivity contribution in [1.82, 2.24) is 0 Å². The van der Waals surface area contributed by atoms with Crippen LogP contribution in [0.1, 0.15) is 6.92 Å². The molecule has 108 valence electrons. The van der Waals surface area contributed by atoms with E-state index in [4.69, 9.17) is 11.6 Å². The van der Waals surface area contributed by atoms with Crippen molar-refractivity contribution >= 4 is 48.9 Å². The molecule has 0 saturated carbocycles. The smallest absolute Gasteiger partial charge is 0.233 e. The fourth-order valence-corrected chi connectivity index (χ4v) is 3.66. The molecular weight excluding hydrogens is 352 g/mol. The molecule has 4 nitrogen and oxygen atoms in total. The van der Waals surface area contributed by atoms with Crippen molar-refractivity contribution in [3.05, 3.63) is 22.7 Å². The van der Waals surface area contributed by atoms with Crippen LogP contribution in [-0.4, -0.2) is 34.1 Å². The highest BCUT2D eigenvalue weighted by Crippen LogP contribution is 2.29. The molecule has 1 N–H and O–H groups in total. The van der Waals surface area contributed by atoms with Crippen LogP contribution in [0, 0.1) is 5.92 Å². The predicted molar refractivity (Wildman–Crippen MR) is 85.8 cm³/mol. The number of rotatable bonds is 6. The van der Waals surface area contributed by atoms with Gasteiger partial charge < -0.3 is 4.90 Å². The number of hydrogen-bond donors (Lipinski definition) is 1. The standard InChI is InChI=1S/C12H18BrClN2O2S/c1-9(7-14)8-19(17,18)15-11-6-10(13)4-5-12(11)16(2)3/h4-6,9,15H,7-8H2,1-3H3. The Morgan fingerprint density at radius 2 is 2.05 bits per heavy atom. The van der Waals surface area contributed by atoms with E-state index in [1.54, 1.807) is 13.0 Å². The van der Waals surface area contributed by atoms with Crippen LogP contribution in [0.3, 0.4) is 0 Å². The Bertz CT molecular complexity index is 535. The third kappa shape index (κ3) is 5.20. The van der Waals surface area contributed by atoms with Crippen molar-refractivity contribution in [2.45, 2.75) is 6.92 Å². The third-order valence-corrected chi connectivity index (χ3v) is 5.03. The minimum atomic E-state index is -3.40. The highest BCUT2D eigenvalue weighted by atomic mass is 79.9. The number of alkyl halides is 1. The number of nitrogens with zero attached hydrogens (tertiary/aromatic N) is 1. The fraction of sp³-hybridized carbons (Fsp3) is 0.500.